The summed E-state index contributed by atoms with van der Waals surface area (Å²) >= 11 is 0. The molecule has 2 rings (SSSR count). The van der Waals surface area contributed by atoms with Gasteiger partial charge in [0.05, 0.1) is 25.3 Å². The quantitative estimate of drug-likeness (QED) is 0.830. The van der Waals surface area contributed by atoms with Crippen LogP contribution in [0.15, 0.2) is 12.1 Å². The van der Waals surface area contributed by atoms with E-state index in [1.54, 1.807) is 7.11 Å². The minimum Gasteiger partial charge on any atom is -0.495 e. The minimum absolute atomic E-state index is 0.122. The first-order chi connectivity index (χ1) is 9.02. The zero-order valence-electron chi connectivity index (χ0n) is 12.0. The van der Waals surface area contributed by atoms with Gasteiger partial charge in [0, 0.05) is 6.54 Å². The average Bonchev–Trinajstić information content (AvgIpc) is 3.20. The van der Waals surface area contributed by atoms with E-state index in [-0.39, 0.29) is 11.4 Å². The number of aryl methyl sites for hydroxylation is 2. The van der Waals surface area contributed by atoms with Gasteiger partial charge in [-0.25, -0.2) is 0 Å². The Morgan fingerprint density at radius 3 is 2.42 bits per heavy atom. The molecule has 0 unspecified atom stereocenters. The number of ether oxygens (including phenoxy) is 2. The van der Waals surface area contributed by atoms with Crippen LogP contribution in [0, 0.1) is 19.3 Å². The van der Waals surface area contributed by atoms with E-state index < -0.39 is 0 Å². The van der Waals surface area contributed by atoms with E-state index in [4.69, 9.17) is 9.47 Å². The Kier molecular flexibility index (Phi) is 3.69. The fourth-order valence-electron chi connectivity index (χ4n) is 2.18. The van der Waals surface area contributed by atoms with Crippen LogP contribution in [0.3, 0.4) is 0 Å². The molecule has 1 aliphatic rings. The predicted molar refractivity (Wildman–Crippen MR) is 74.6 cm³/mol. The number of benzene rings is 1. The van der Waals surface area contributed by atoms with Crippen LogP contribution in [-0.2, 0) is 9.53 Å². The molecular formula is C15H21NO3. The number of rotatable bonds is 5. The second-order valence-corrected chi connectivity index (χ2v) is 5.26. The van der Waals surface area contributed by atoms with Crippen molar-refractivity contribution in [3.8, 4) is 5.75 Å². The summed E-state index contributed by atoms with van der Waals surface area (Å²) < 4.78 is 10.2. The fourth-order valence-corrected chi connectivity index (χ4v) is 2.18. The topological polar surface area (TPSA) is 47.6 Å². The third-order valence-corrected chi connectivity index (χ3v) is 3.91. The number of carbonyl (C=O) groups excluding carboxylic acids is 1. The Labute approximate surface area is 114 Å². The molecule has 4 heteroatoms. The molecular weight excluding hydrogens is 242 g/mol. The zero-order chi connectivity index (χ0) is 14.0. The molecule has 0 atom stereocenters. The number of methoxy groups -OCH3 is 2. The van der Waals surface area contributed by atoms with Crippen molar-refractivity contribution in [2.75, 3.05) is 26.1 Å². The van der Waals surface area contributed by atoms with Crippen LogP contribution in [0.1, 0.15) is 24.0 Å². The molecule has 19 heavy (non-hydrogen) atoms. The van der Waals surface area contributed by atoms with Gasteiger partial charge in [0.25, 0.3) is 0 Å². The number of esters is 1. The van der Waals surface area contributed by atoms with E-state index in [1.807, 2.05) is 6.07 Å². The lowest BCUT2D eigenvalue weighted by molar-refractivity contribution is -0.146. The zero-order valence-corrected chi connectivity index (χ0v) is 12.0. The molecule has 0 heterocycles. The van der Waals surface area contributed by atoms with Gasteiger partial charge in [0.1, 0.15) is 5.75 Å². The number of nitrogens with one attached hydrogen (secondary N) is 1. The Balaban J connectivity index is 2.12. The minimum atomic E-state index is -0.335. The van der Waals surface area contributed by atoms with Crippen molar-refractivity contribution in [3.63, 3.8) is 0 Å². The summed E-state index contributed by atoms with van der Waals surface area (Å²) in [5.74, 6) is 0.687. The van der Waals surface area contributed by atoms with E-state index in [2.05, 4.69) is 25.2 Å². The molecule has 0 aromatic heterocycles. The van der Waals surface area contributed by atoms with Crippen molar-refractivity contribution < 1.29 is 14.3 Å². The highest BCUT2D eigenvalue weighted by atomic mass is 16.5. The number of anilines is 1. The lowest BCUT2D eigenvalue weighted by atomic mass is 10.1. The molecule has 104 valence electrons. The second kappa shape index (κ2) is 5.11. The SMILES string of the molecule is COC(=O)C1(CNc2cc(C)c(C)cc2OC)CC1. The van der Waals surface area contributed by atoms with Gasteiger partial charge in [-0.1, -0.05) is 0 Å². The Bertz CT molecular complexity index is 492. The van der Waals surface area contributed by atoms with Crippen molar-refractivity contribution >= 4 is 11.7 Å². The highest BCUT2D eigenvalue weighted by Gasteiger charge is 2.50. The summed E-state index contributed by atoms with van der Waals surface area (Å²) in [7, 11) is 3.10. The molecule has 4 nitrogen and oxygen atoms in total. The van der Waals surface area contributed by atoms with Crippen LogP contribution in [0.25, 0.3) is 0 Å². The van der Waals surface area contributed by atoms with Gasteiger partial charge in [0.15, 0.2) is 0 Å². The standard InChI is InChI=1S/C15H21NO3/c1-10-7-12(13(18-3)8-11(10)2)16-9-15(5-6-15)14(17)19-4/h7-8,16H,5-6,9H2,1-4H3. The third-order valence-electron chi connectivity index (χ3n) is 3.91. The van der Waals surface area contributed by atoms with E-state index in [0.29, 0.717) is 6.54 Å². The molecule has 1 fully saturated rings. The second-order valence-electron chi connectivity index (χ2n) is 5.26. The van der Waals surface area contributed by atoms with Gasteiger partial charge in [0.2, 0.25) is 0 Å². The summed E-state index contributed by atoms with van der Waals surface area (Å²) in [6.07, 6.45) is 1.78. The first-order valence-electron chi connectivity index (χ1n) is 6.50. The first kappa shape index (κ1) is 13.7. The Morgan fingerprint density at radius 2 is 1.89 bits per heavy atom. The van der Waals surface area contributed by atoms with Crippen molar-refractivity contribution in [1.82, 2.24) is 0 Å². The van der Waals surface area contributed by atoms with Crippen LogP contribution >= 0.6 is 0 Å². The maximum Gasteiger partial charge on any atom is 0.313 e. The average molecular weight is 263 g/mol. The number of hydrogen-bond acceptors (Lipinski definition) is 4. The van der Waals surface area contributed by atoms with Gasteiger partial charge in [-0.15, -0.1) is 0 Å². The fraction of sp³-hybridized carbons (Fsp3) is 0.533. The molecule has 1 aliphatic carbocycles. The van der Waals surface area contributed by atoms with E-state index >= 15 is 0 Å². The van der Waals surface area contributed by atoms with Crippen molar-refractivity contribution in [3.05, 3.63) is 23.3 Å². The van der Waals surface area contributed by atoms with E-state index in [1.165, 1.54) is 18.2 Å². The third kappa shape index (κ3) is 2.67. The summed E-state index contributed by atoms with van der Waals surface area (Å²) in [5, 5.41) is 3.32. The highest BCUT2D eigenvalue weighted by Crippen LogP contribution is 2.47. The van der Waals surface area contributed by atoms with Gasteiger partial charge >= 0.3 is 5.97 Å². The van der Waals surface area contributed by atoms with Crippen LogP contribution in [0.2, 0.25) is 0 Å². The summed E-state index contributed by atoms with van der Waals surface area (Å²) in [6, 6.07) is 4.07. The summed E-state index contributed by atoms with van der Waals surface area (Å²) in [6.45, 7) is 4.71. The van der Waals surface area contributed by atoms with Gasteiger partial charge < -0.3 is 14.8 Å². The van der Waals surface area contributed by atoms with Crippen LogP contribution in [0.4, 0.5) is 5.69 Å². The molecule has 0 bridgehead atoms. The van der Waals surface area contributed by atoms with Crippen molar-refractivity contribution in [1.29, 1.82) is 0 Å². The molecule has 0 aliphatic heterocycles. The van der Waals surface area contributed by atoms with E-state index in [9.17, 15) is 4.79 Å². The lowest BCUT2D eigenvalue weighted by Crippen LogP contribution is -2.26. The molecule has 0 saturated heterocycles. The molecule has 1 saturated carbocycles. The molecule has 1 aromatic rings. The maximum absolute atomic E-state index is 11.7. The van der Waals surface area contributed by atoms with Crippen molar-refractivity contribution in [2.45, 2.75) is 26.7 Å². The summed E-state index contributed by atoms with van der Waals surface area (Å²) in [4.78, 5) is 11.7. The Morgan fingerprint density at radius 1 is 1.26 bits per heavy atom. The molecule has 0 spiro atoms. The highest BCUT2D eigenvalue weighted by molar-refractivity contribution is 5.80. The normalized spacial score (nSPS) is 15.8. The van der Waals surface area contributed by atoms with Gasteiger partial charge in [-0.2, -0.15) is 0 Å². The molecule has 1 N–H and O–H groups in total. The number of carbonyl (C=O) groups is 1. The number of hydrogen-bond donors (Lipinski definition) is 1. The predicted octanol–water partition coefficient (Wildman–Crippen LogP) is 2.68. The van der Waals surface area contributed by atoms with Gasteiger partial charge in [-0.05, 0) is 49.9 Å². The molecule has 0 amide bonds. The van der Waals surface area contributed by atoms with Gasteiger partial charge in [-0.3, -0.25) is 4.79 Å². The maximum atomic E-state index is 11.7. The first-order valence-corrected chi connectivity index (χ1v) is 6.50. The van der Waals surface area contributed by atoms with Crippen LogP contribution in [-0.4, -0.2) is 26.7 Å². The molecule has 1 aromatic carbocycles. The Hall–Kier alpha value is -1.71. The lowest BCUT2D eigenvalue weighted by Gasteiger charge is -2.17. The van der Waals surface area contributed by atoms with Crippen LogP contribution in [0.5, 0.6) is 5.75 Å². The summed E-state index contributed by atoms with van der Waals surface area (Å²) in [5.41, 5.74) is 2.99. The van der Waals surface area contributed by atoms with E-state index in [0.717, 1.165) is 24.3 Å². The van der Waals surface area contributed by atoms with Crippen LogP contribution < -0.4 is 10.1 Å². The smallest absolute Gasteiger partial charge is 0.313 e. The van der Waals surface area contributed by atoms with Crippen molar-refractivity contribution in [2.24, 2.45) is 5.41 Å². The molecule has 0 radical (unpaired) electrons. The largest absolute Gasteiger partial charge is 0.495 e. The monoisotopic (exact) mass is 263 g/mol.